The Kier molecular flexibility index (Phi) is 6.08. The summed E-state index contributed by atoms with van der Waals surface area (Å²) in [6.45, 7) is -0.769. The van der Waals surface area contributed by atoms with Crippen LogP contribution in [-0.2, 0) is 13.8 Å². The molecule has 12 nitrogen and oxygen atoms in total. The third kappa shape index (κ3) is 5.17. The minimum atomic E-state index is -4.84. The van der Waals surface area contributed by atoms with Gasteiger partial charge in [0.2, 0.25) is 6.29 Å². The summed E-state index contributed by atoms with van der Waals surface area (Å²) < 4.78 is 25.4. The zero-order valence-electron chi connectivity index (χ0n) is 12.5. The van der Waals surface area contributed by atoms with E-state index in [0.717, 1.165) is 12.1 Å². The molecular weight excluding hydrogens is 365 g/mol. The molecule has 1 saturated heterocycles. The van der Waals surface area contributed by atoms with Gasteiger partial charge >= 0.3 is 7.82 Å². The summed E-state index contributed by atoms with van der Waals surface area (Å²) in [5.41, 5.74) is -0.194. The molecule has 5 atom stereocenters. The fourth-order valence-corrected chi connectivity index (χ4v) is 2.44. The van der Waals surface area contributed by atoms with Crippen LogP contribution in [0.25, 0.3) is 0 Å². The summed E-state index contributed by atoms with van der Waals surface area (Å²) in [6.07, 6.45) is -8.00. The fraction of sp³-hybridized carbons (Fsp3) is 0.500. The van der Waals surface area contributed by atoms with Gasteiger partial charge < -0.3 is 34.6 Å². The quantitative estimate of drug-likeness (QED) is 0.228. The third-order valence-corrected chi connectivity index (χ3v) is 3.86. The molecule has 0 bridgehead atoms. The molecule has 1 aromatic rings. The average molecular weight is 381 g/mol. The van der Waals surface area contributed by atoms with E-state index >= 15 is 0 Å². The van der Waals surface area contributed by atoms with Crippen LogP contribution in [0, 0.1) is 10.1 Å². The maximum Gasteiger partial charge on any atom is 0.469 e. The van der Waals surface area contributed by atoms with E-state index in [2.05, 4.69) is 4.52 Å². The molecule has 5 N–H and O–H groups in total. The number of nitrogens with zero attached hydrogens (tertiary/aromatic N) is 1. The van der Waals surface area contributed by atoms with E-state index in [1.807, 2.05) is 0 Å². The second-order valence-electron chi connectivity index (χ2n) is 5.17. The maximum atomic E-state index is 10.7. The lowest BCUT2D eigenvalue weighted by Crippen LogP contribution is -2.60. The molecule has 2 rings (SSSR count). The Labute approximate surface area is 140 Å². The fourth-order valence-electron chi connectivity index (χ4n) is 2.10. The van der Waals surface area contributed by atoms with Crippen LogP contribution in [0.4, 0.5) is 5.69 Å². The van der Waals surface area contributed by atoms with Crippen LogP contribution in [0.3, 0.4) is 0 Å². The maximum absolute atomic E-state index is 10.7. The van der Waals surface area contributed by atoms with Crippen LogP contribution >= 0.6 is 7.82 Å². The molecule has 25 heavy (non-hydrogen) atoms. The second kappa shape index (κ2) is 7.72. The predicted molar refractivity (Wildman–Crippen MR) is 78.4 cm³/mol. The van der Waals surface area contributed by atoms with E-state index < -0.39 is 50.1 Å². The molecule has 0 radical (unpaired) electrons. The Morgan fingerprint density at radius 3 is 2.24 bits per heavy atom. The van der Waals surface area contributed by atoms with Crippen molar-refractivity contribution in [2.45, 2.75) is 30.7 Å². The standard InChI is InChI=1S/C12H16NO11P/c14-9-8(5-22-25(19,20)21)24-12(11(16)10(9)15)23-7-3-1-6(2-4-7)13(17)18/h1-4,8-12,14-16H,5H2,(H2,19,20,21). The number of hydrogen-bond acceptors (Lipinski definition) is 9. The van der Waals surface area contributed by atoms with Gasteiger partial charge in [0.05, 0.1) is 11.5 Å². The topological polar surface area (TPSA) is 189 Å². The van der Waals surface area contributed by atoms with E-state index in [0.29, 0.717) is 0 Å². The minimum Gasteiger partial charge on any atom is -0.462 e. The van der Waals surface area contributed by atoms with E-state index in [9.17, 15) is 30.0 Å². The van der Waals surface area contributed by atoms with Crippen LogP contribution in [0.1, 0.15) is 0 Å². The molecule has 13 heteroatoms. The first-order chi connectivity index (χ1) is 11.6. The first kappa shape index (κ1) is 19.7. The van der Waals surface area contributed by atoms with Crippen molar-refractivity contribution in [1.82, 2.24) is 0 Å². The van der Waals surface area contributed by atoms with Crippen LogP contribution in [0.15, 0.2) is 24.3 Å². The zero-order chi connectivity index (χ0) is 18.8. The van der Waals surface area contributed by atoms with E-state index in [1.165, 1.54) is 12.1 Å². The van der Waals surface area contributed by atoms with Gasteiger partial charge in [0.25, 0.3) is 5.69 Å². The van der Waals surface area contributed by atoms with Gasteiger partial charge in [-0.2, -0.15) is 0 Å². The van der Waals surface area contributed by atoms with E-state index in [-0.39, 0.29) is 11.4 Å². The minimum absolute atomic E-state index is 0.0629. The van der Waals surface area contributed by atoms with Crippen molar-refractivity contribution in [2.24, 2.45) is 0 Å². The van der Waals surface area contributed by atoms with Gasteiger partial charge in [-0.1, -0.05) is 0 Å². The van der Waals surface area contributed by atoms with Crippen LogP contribution in [-0.4, -0.2) is 67.3 Å². The molecule has 140 valence electrons. The summed E-state index contributed by atoms with van der Waals surface area (Å²) in [5.74, 6) is 0.0629. The van der Waals surface area contributed by atoms with Crippen LogP contribution < -0.4 is 4.74 Å². The van der Waals surface area contributed by atoms with Crippen molar-refractivity contribution in [2.75, 3.05) is 6.61 Å². The number of aliphatic hydroxyl groups is 3. The van der Waals surface area contributed by atoms with Crippen molar-refractivity contribution < 1.29 is 48.6 Å². The molecule has 1 fully saturated rings. The molecule has 0 amide bonds. The molecule has 1 aliphatic rings. The Morgan fingerprint density at radius 2 is 1.72 bits per heavy atom. The van der Waals surface area contributed by atoms with Gasteiger partial charge in [-0.05, 0) is 12.1 Å². The number of hydrogen-bond donors (Lipinski definition) is 5. The average Bonchev–Trinajstić information content (AvgIpc) is 2.54. The molecule has 1 heterocycles. The third-order valence-electron chi connectivity index (χ3n) is 3.38. The van der Waals surface area contributed by atoms with Crippen LogP contribution in [0.5, 0.6) is 5.75 Å². The number of non-ortho nitro benzene ring substituents is 1. The number of rotatable bonds is 6. The number of nitro groups is 1. The van der Waals surface area contributed by atoms with Gasteiger partial charge in [0.1, 0.15) is 30.2 Å². The van der Waals surface area contributed by atoms with Crippen molar-refractivity contribution in [3.8, 4) is 5.75 Å². The van der Waals surface area contributed by atoms with Crippen molar-refractivity contribution in [3.63, 3.8) is 0 Å². The highest BCUT2D eigenvalue weighted by Crippen LogP contribution is 2.37. The number of benzene rings is 1. The zero-order valence-corrected chi connectivity index (χ0v) is 13.4. The van der Waals surface area contributed by atoms with Crippen molar-refractivity contribution in [1.29, 1.82) is 0 Å². The van der Waals surface area contributed by atoms with Gasteiger partial charge in [0.15, 0.2) is 0 Å². The predicted octanol–water partition coefficient (Wildman–Crippen LogP) is -1.11. The number of nitro benzene ring substituents is 1. The molecule has 5 unspecified atom stereocenters. The lowest BCUT2D eigenvalue weighted by atomic mass is 9.99. The monoisotopic (exact) mass is 381 g/mol. The Bertz CT molecular complexity index is 647. The number of ether oxygens (including phenoxy) is 2. The first-order valence-corrected chi connectivity index (χ1v) is 8.42. The van der Waals surface area contributed by atoms with Gasteiger partial charge in [-0.15, -0.1) is 0 Å². The summed E-state index contributed by atoms with van der Waals surface area (Å²) >= 11 is 0. The van der Waals surface area contributed by atoms with Gasteiger partial charge in [-0.25, -0.2) is 4.57 Å². The SMILES string of the molecule is O=[N+]([O-])c1ccc(OC2OC(COP(=O)(O)O)C(O)C(O)C2O)cc1. The van der Waals surface area contributed by atoms with Crippen molar-refractivity contribution >= 4 is 13.5 Å². The normalized spacial score (nSPS) is 30.0. The highest BCUT2D eigenvalue weighted by atomic mass is 31.2. The molecular formula is C12H16NO11P. The largest absolute Gasteiger partial charge is 0.469 e. The number of phosphoric ester groups is 1. The van der Waals surface area contributed by atoms with Crippen molar-refractivity contribution in [3.05, 3.63) is 34.4 Å². The summed E-state index contributed by atoms with van der Waals surface area (Å²) in [4.78, 5) is 27.3. The highest BCUT2D eigenvalue weighted by Gasteiger charge is 2.45. The molecule has 0 spiro atoms. The lowest BCUT2D eigenvalue weighted by Gasteiger charge is -2.40. The lowest BCUT2D eigenvalue weighted by molar-refractivity contribution is -0.384. The summed E-state index contributed by atoms with van der Waals surface area (Å²) in [5, 5.41) is 40.1. The van der Waals surface area contributed by atoms with E-state index in [1.54, 1.807) is 0 Å². The van der Waals surface area contributed by atoms with Gasteiger partial charge in [0, 0.05) is 12.1 Å². The Balaban J connectivity index is 2.07. The molecule has 0 aliphatic carbocycles. The van der Waals surface area contributed by atoms with Crippen LogP contribution in [0.2, 0.25) is 0 Å². The molecule has 1 aliphatic heterocycles. The number of phosphoric acid groups is 1. The molecule has 0 saturated carbocycles. The molecule has 0 aromatic heterocycles. The Hall–Kier alpha value is -1.63. The molecule has 1 aromatic carbocycles. The second-order valence-corrected chi connectivity index (χ2v) is 6.41. The summed E-state index contributed by atoms with van der Waals surface area (Å²) in [6, 6.07) is 4.74. The summed E-state index contributed by atoms with van der Waals surface area (Å²) in [7, 11) is -4.84. The highest BCUT2D eigenvalue weighted by molar-refractivity contribution is 7.46. The smallest absolute Gasteiger partial charge is 0.462 e. The van der Waals surface area contributed by atoms with E-state index in [4.69, 9.17) is 19.3 Å². The Morgan fingerprint density at radius 1 is 1.12 bits per heavy atom. The number of aliphatic hydroxyl groups excluding tert-OH is 3. The first-order valence-electron chi connectivity index (χ1n) is 6.89. The van der Waals surface area contributed by atoms with Gasteiger partial charge in [-0.3, -0.25) is 14.6 Å².